The Hall–Kier alpha value is -4.71. The van der Waals surface area contributed by atoms with E-state index in [0.717, 1.165) is 128 Å². The average Bonchev–Trinajstić information content (AvgIpc) is 3.37. The molecule has 0 aromatic heterocycles. The third-order valence-electron chi connectivity index (χ3n) is 11.3. The number of hydrogen-bond acceptors (Lipinski definition) is 6. The Bertz CT molecular complexity index is 1590. The van der Waals surface area contributed by atoms with Crippen LogP contribution in [-0.4, -0.2) is 37.2 Å². The minimum absolute atomic E-state index is 0.133. The molecule has 0 heterocycles. The van der Waals surface area contributed by atoms with Crippen molar-refractivity contribution < 1.29 is 28.6 Å². The highest BCUT2D eigenvalue weighted by molar-refractivity contribution is 5.71. The first kappa shape index (κ1) is 66.3. The summed E-state index contributed by atoms with van der Waals surface area (Å²) in [5, 5.41) is 0. The standard InChI is InChI=1S/C65H102O6/c1-4-7-10-13-16-19-22-25-28-31-32-35-38-41-44-47-50-53-56-59-65(68)71-62(60-69-63(66)57-54-51-48-45-42-39-36-33-29-26-23-20-17-14-11-8-5-2)61-70-64(67)58-55-52-49-46-43-40-37-34-30-27-24-21-18-15-12-9-6-3/h8,11,16-21,25-30,32,35-37,39-41,44,50,53,62H,4-7,9-10,12-15,22-24,31,33-34,38,42-43,45-49,51-52,54-61H2,1-3H3/b11-8-,19-16-,20-17-,21-18-,28-25-,29-26-,30-27-,35-32-,39-36-,40-37-,44-41-,53-50-/t62-/m1/s1. The van der Waals surface area contributed by atoms with Crippen molar-refractivity contribution >= 4 is 17.9 Å². The molecule has 0 fully saturated rings. The quantitative estimate of drug-likeness (QED) is 0.0262. The molecular formula is C65H102O6. The predicted molar refractivity (Wildman–Crippen MR) is 306 cm³/mol. The Morgan fingerprint density at radius 3 is 0.901 bits per heavy atom. The molecule has 1 atom stereocenters. The summed E-state index contributed by atoms with van der Waals surface area (Å²) >= 11 is 0. The van der Waals surface area contributed by atoms with Gasteiger partial charge in [0.1, 0.15) is 13.2 Å². The van der Waals surface area contributed by atoms with Crippen LogP contribution in [0.1, 0.15) is 226 Å². The van der Waals surface area contributed by atoms with Crippen molar-refractivity contribution in [2.24, 2.45) is 0 Å². The molecule has 0 aliphatic carbocycles. The zero-order chi connectivity index (χ0) is 51.4. The van der Waals surface area contributed by atoms with Gasteiger partial charge >= 0.3 is 17.9 Å². The van der Waals surface area contributed by atoms with Crippen LogP contribution in [-0.2, 0) is 28.6 Å². The van der Waals surface area contributed by atoms with Crippen LogP contribution in [0.3, 0.4) is 0 Å². The molecule has 0 amide bonds. The van der Waals surface area contributed by atoms with Crippen LogP contribution >= 0.6 is 0 Å². The molecule has 0 aliphatic rings. The summed E-state index contributed by atoms with van der Waals surface area (Å²) in [6.45, 7) is 6.35. The second-order valence-electron chi connectivity index (χ2n) is 18.1. The molecule has 0 aromatic carbocycles. The smallest absolute Gasteiger partial charge is 0.306 e. The molecular weight excluding hydrogens is 877 g/mol. The highest BCUT2D eigenvalue weighted by Crippen LogP contribution is 2.11. The number of ether oxygens (including phenoxy) is 3. The van der Waals surface area contributed by atoms with E-state index in [1.165, 1.54) is 51.4 Å². The van der Waals surface area contributed by atoms with Gasteiger partial charge in [0.2, 0.25) is 0 Å². The number of carbonyl (C=O) groups is 3. The van der Waals surface area contributed by atoms with Gasteiger partial charge in [-0.3, -0.25) is 14.4 Å². The van der Waals surface area contributed by atoms with Crippen molar-refractivity contribution in [3.63, 3.8) is 0 Å². The van der Waals surface area contributed by atoms with Crippen LogP contribution in [0.25, 0.3) is 0 Å². The third-order valence-corrected chi connectivity index (χ3v) is 11.3. The van der Waals surface area contributed by atoms with E-state index < -0.39 is 12.1 Å². The molecule has 0 N–H and O–H groups in total. The summed E-state index contributed by atoms with van der Waals surface area (Å²) in [4.78, 5) is 38.1. The van der Waals surface area contributed by atoms with Gasteiger partial charge in [0.25, 0.3) is 0 Å². The molecule has 0 saturated heterocycles. The lowest BCUT2D eigenvalue weighted by Gasteiger charge is -2.18. The zero-order valence-corrected chi connectivity index (χ0v) is 45.4. The first-order valence-corrected chi connectivity index (χ1v) is 28.3. The normalized spacial score (nSPS) is 13.2. The lowest BCUT2D eigenvalue weighted by molar-refractivity contribution is -0.166. The predicted octanol–water partition coefficient (Wildman–Crippen LogP) is 19.2. The van der Waals surface area contributed by atoms with Crippen molar-refractivity contribution in [3.05, 3.63) is 146 Å². The summed E-state index contributed by atoms with van der Waals surface area (Å²) in [6, 6.07) is 0. The maximum Gasteiger partial charge on any atom is 0.306 e. The lowest BCUT2D eigenvalue weighted by Crippen LogP contribution is -2.30. The second-order valence-corrected chi connectivity index (χ2v) is 18.1. The molecule has 0 radical (unpaired) electrons. The maximum absolute atomic E-state index is 12.8. The Morgan fingerprint density at radius 1 is 0.296 bits per heavy atom. The van der Waals surface area contributed by atoms with E-state index in [4.69, 9.17) is 14.2 Å². The molecule has 0 rings (SSSR count). The number of hydrogen-bond donors (Lipinski definition) is 0. The zero-order valence-electron chi connectivity index (χ0n) is 45.4. The van der Waals surface area contributed by atoms with Gasteiger partial charge in [-0.05, 0) is 135 Å². The summed E-state index contributed by atoms with van der Waals surface area (Å²) in [5.41, 5.74) is 0. The Morgan fingerprint density at radius 2 is 0.577 bits per heavy atom. The van der Waals surface area contributed by atoms with Crippen LogP contribution in [0.4, 0.5) is 0 Å². The van der Waals surface area contributed by atoms with Gasteiger partial charge < -0.3 is 14.2 Å². The van der Waals surface area contributed by atoms with Gasteiger partial charge in [-0.2, -0.15) is 0 Å². The maximum atomic E-state index is 12.8. The van der Waals surface area contributed by atoms with Gasteiger partial charge in [-0.25, -0.2) is 0 Å². The Balaban J connectivity index is 4.62. The van der Waals surface area contributed by atoms with E-state index in [0.29, 0.717) is 19.3 Å². The molecule has 0 unspecified atom stereocenters. The molecule has 0 bridgehead atoms. The summed E-state index contributed by atoms with van der Waals surface area (Å²) in [5.74, 6) is -1.07. The molecule has 6 nitrogen and oxygen atoms in total. The minimum Gasteiger partial charge on any atom is -0.462 e. The van der Waals surface area contributed by atoms with Crippen LogP contribution in [0.5, 0.6) is 0 Å². The number of rotatable bonds is 49. The van der Waals surface area contributed by atoms with Gasteiger partial charge in [0, 0.05) is 19.3 Å². The van der Waals surface area contributed by atoms with Gasteiger partial charge in [0.05, 0.1) is 0 Å². The summed E-state index contributed by atoms with van der Waals surface area (Å²) < 4.78 is 16.7. The number of unbranched alkanes of at least 4 members (excludes halogenated alkanes) is 14. The molecule has 0 aromatic rings. The Kier molecular flexibility index (Phi) is 54.0. The molecule has 71 heavy (non-hydrogen) atoms. The van der Waals surface area contributed by atoms with Crippen molar-refractivity contribution in [2.45, 2.75) is 232 Å². The van der Waals surface area contributed by atoms with Crippen LogP contribution in [0, 0.1) is 0 Å². The van der Waals surface area contributed by atoms with Crippen LogP contribution < -0.4 is 0 Å². The fraction of sp³-hybridized carbons (Fsp3) is 0.585. The molecule has 398 valence electrons. The largest absolute Gasteiger partial charge is 0.462 e. The summed E-state index contributed by atoms with van der Waals surface area (Å²) in [6.07, 6.45) is 82.7. The topological polar surface area (TPSA) is 78.9 Å². The van der Waals surface area contributed by atoms with Crippen molar-refractivity contribution in [3.8, 4) is 0 Å². The average molecular weight is 980 g/mol. The number of carbonyl (C=O) groups excluding carboxylic acids is 3. The Labute approximate surface area is 436 Å². The van der Waals surface area contributed by atoms with E-state index in [-0.39, 0.29) is 31.6 Å². The number of esters is 3. The second kappa shape index (κ2) is 57.9. The van der Waals surface area contributed by atoms with E-state index in [9.17, 15) is 14.4 Å². The van der Waals surface area contributed by atoms with E-state index in [2.05, 4.69) is 154 Å². The molecule has 0 spiro atoms. The summed E-state index contributed by atoms with van der Waals surface area (Å²) in [7, 11) is 0. The number of allylic oxidation sites excluding steroid dienone is 24. The highest BCUT2D eigenvalue weighted by Gasteiger charge is 2.19. The van der Waals surface area contributed by atoms with Gasteiger partial charge in [-0.15, -0.1) is 0 Å². The molecule has 0 saturated carbocycles. The van der Waals surface area contributed by atoms with Crippen molar-refractivity contribution in [1.29, 1.82) is 0 Å². The van der Waals surface area contributed by atoms with E-state index in [1.54, 1.807) is 0 Å². The monoisotopic (exact) mass is 979 g/mol. The van der Waals surface area contributed by atoms with Crippen molar-refractivity contribution in [2.75, 3.05) is 13.2 Å². The van der Waals surface area contributed by atoms with E-state index >= 15 is 0 Å². The van der Waals surface area contributed by atoms with Gasteiger partial charge in [-0.1, -0.05) is 218 Å². The fourth-order valence-electron chi connectivity index (χ4n) is 7.07. The minimum atomic E-state index is -0.845. The third kappa shape index (κ3) is 56.1. The van der Waals surface area contributed by atoms with Crippen LogP contribution in [0.2, 0.25) is 0 Å². The molecule has 0 aliphatic heterocycles. The highest BCUT2D eigenvalue weighted by atomic mass is 16.6. The first-order valence-electron chi connectivity index (χ1n) is 28.3. The van der Waals surface area contributed by atoms with Crippen LogP contribution in [0.15, 0.2) is 146 Å². The van der Waals surface area contributed by atoms with Gasteiger partial charge in [0.15, 0.2) is 6.10 Å². The van der Waals surface area contributed by atoms with Crippen molar-refractivity contribution in [1.82, 2.24) is 0 Å². The SMILES string of the molecule is CC/C=C\C/C=C\C/C=C\C/C=C\CCCCCCC(=O)OC[C@H](COC(=O)CCCCCC/C=C\C/C=C\C/C=C\CCCCC)OC(=O)CC/C=C\C/C=C\C/C=C\C/C=C\C/C=C\CCCCC. The lowest BCUT2D eigenvalue weighted by atomic mass is 10.1. The fourth-order valence-corrected chi connectivity index (χ4v) is 7.07. The first-order chi connectivity index (χ1) is 35.0. The van der Waals surface area contributed by atoms with E-state index in [1.807, 2.05) is 12.2 Å². The molecule has 6 heteroatoms.